The second kappa shape index (κ2) is 5.66. The van der Waals surface area contributed by atoms with Gasteiger partial charge in [-0.2, -0.15) is 5.10 Å². The molecule has 2 unspecified atom stereocenters. The Labute approximate surface area is 117 Å². The highest BCUT2D eigenvalue weighted by atomic mass is 16.3. The van der Waals surface area contributed by atoms with Crippen LogP contribution in [0.15, 0.2) is 6.07 Å². The number of nitrogens with zero attached hydrogens (tertiary/aromatic N) is 2. The molecule has 0 spiro atoms. The van der Waals surface area contributed by atoms with Crippen molar-refractivity contribution in [3.8, 4) is 0 Å². The summed E-state index contributed by atoms with van der Waals surface area (Å²) in [5.41, 5.74) is 1.67. The van der Waals surface area contributed by atoms with Crippen molar-refractivity contribution in [3.63, 3.8) is 0 Å². The highest BCUT2D eigenvalue weighted by Crippen LogP contribution is 2.35. The Bertz CT molecular complexity index is 424. The SMILES string of the molecule is Cc1cc(CC2(O)CCCC(C(C)C)CC2)n(C)n1. The standard InChI is InChI=1S/C16H28N2O/c1-12(2)14-6-5-8-16(19,9-7-14)11-15-10-13(3)17-18(15)4/h10,12,14,19H,5-9,11H2,1-4H3. The first-order valence-corrected chi connectivity index (χ1v) is 7.61. The van der Waals surface area contributed by atoms with E-state index in [0.717, 1.165) is 55.3 Å². The molecule has 108 valence electrons. The molecule has 19 heavy (non-hydrogen) atoms. The molecule has 0 bridgehead atoms. The maximum atomic E-state index is 10.9. The molecule has 1 saturated carbocycles. The van der Waals surface area contributed by atoms with Gasteiger partial charge in [-0.25, -0.2) is 0 Å². The minimum Gasteiger partial charge on any atom is -0.389 e. The van der Waals surface area contributed by atoms with Crippen molar-refractivity contribution in [2.24, 2.45) is 18.9 Å². The van der Waals surface area contributed by atoms with Gasteiger partial charge >= 0.3 is 0 Å². The summed E-state index contributed by atoms with van der Waals surface area (Å²) in [4.78, 5) is 0. The smallest absolute Gasteiger partial charge is 0.0703 e. The predicted molar refractivity (Wildman–Crippen MR) is 78.0 cm³/mol. The zero-order chi connectivity index (χ0) is 14.0. The van der Waals surface area contributed by atoms with Gasteiger partial charge in [-0.3, -0.25) is 4.68 Å². The van der Waals surface area contributed by atoms with Crippen molar-refractivity contribution >= 4 is 0 Å². The van der Waals surface area contributed by atoms with Crippen LogP contribution in [0.3, 0.4) is 0 Å². The Kier molecular flexibility index (Phi) is 4.34. The molecule has 1 N–H and O–H groups in total. The van der Waals surface area contributed by atoms with Crippen molar-refractivity contribution in [1.82, 2.24) is 9.78 Å². The second-order valence-electron chi connectivity index (χ2n) is 6.74. The molecule has 0 amide bonds. The lowest BCUT2D eigenvalue weighted by Gasteiger charge is -2.27. The first-order chi connectivity index (χ1) is 8.89. The predicted octanol–water partition coefficient (Wildman–Crippen LogP) is 3.24. The Morgan fingerprint density at radius 3 is 2.74 bits per heavy atom. The monoisotopic (exact) mass is 264 g/mol. The van der Waals surface area contributed by atoms with Crippen molar-refractivity contribution in [1.29, 1.82) is 0 Å². The Hall–Kier alpha value is -0.830. The van der Waals surface area contributed by atoms with E-state index >= 15 is 0 Å². The van der Waals surface area contributed by atoms with Gasteiger partial charge in [-0.05, 0) is 44.1 Å². The number of aliphatic hydroxyl groups is 1. The first kappa shape index (κ1) is 14.6. The van der Waals surface area contributed by atoms with Gasteiger partial charge < -0.3 is 5.11 Å². The Balaban J connectivity index is 2.04. The zero-order valence-corrected chi connectivity index (χ0v) is 12.8. The molecule has 1 heterocycles. The third kappa shape index (κ3) is 3.59. The number of hydrogen-bond donors (Lipinski definition) is 1. The molecule has 0 radical (unpaired) electrons. The summed E-state index contributed by atoms with van der Waals surface area (Å²) in [5.74, 6) is 1.52. The van der Waals surface area contributed by atoms with Crippen LogP contribution in [-0.4, -0.2) is 20.5 Å². The van der Waals surface area contributed by atoms with E-state index in [-0.39, 0.29) is 0 Å². The molecule has 1 aromatic heterocycles. The van der Waals surface area contributed by atoms with E-state index in [1.54, 1.807) is 0 Å². The summed E-state index contributed by atoms with van der Waals surface area (Å²) in [5, 5.41) is 15.3. The lowest BCUT2D eigenvalue weighted by atomic mass is 9.86. The molecule has 3 heteroatoms. The summed E-state index contributed by atoms with van der Waals surface area (Å²) in [7, 11) is 1.97. The van der Waals surface area contributed by atoms with Crippen molar-refractivity contribution in [2.45, 2.75) is 64.9 Å². The van der Waals surface area contributed by atoms with Crippen molar-refractivity contribution in [2.75, 3.05) is 0 Å². The molecule has 2 rings (SSSR count). The van der Waals surface area contributed by atoms with E-state index < -0.39 is 5.60 Å². The lowest BCUT2D eigenvalue weighted by Crippen LogP contribution is -2.31. The number of hydrogen-bond acceptors (Lipinski definition) is 2. The molecule has 0 aliphatic heterocycles. The van der Waals surface area contributed by atoms with Gasteiger partial charge in [0.2, 0.25) is 0 Å². The van der Waals surface area contributed by atoms with Gasteiger partial charge in [-0.15, -0.1) is 0 Å². The van der Waals surface area contributed by atoms with Crippen LogP contribution in [0.1, 0.15) is 57.3 Å². The fourth-order valence-corrected chi connectivity index (χ4v) is 3.43. The summed E-state index contributed by atoms with van der Waals surface area (Å²) < 4.78 is 1.91. The van der Waals surface area contributed by atoms with Gasteiger partial charge in [0.25, 0.3) is 0 Å². The van der Waals surface area contributed by atoms with Gasteiger partial charge in [0.1, 0.15) is 0 Å². The second-order valence-corrected chi connectivity index (χ2v) is 6.74. The highest BCUT2D eigenvalue weighted by Gasteiger charge is 2.32. The van der Waals surface area contributed by atoms with E-state index in [2.05, 4.69) is 25.0 Å². The quantitative estimate of drug-likeness (QED) is 0.851. The molecule has 1 fully saturated rings. The molecule has 3 nitrogen and oxygen atoms in total. The maximum absolute atomic E-state index is 10.9. The average Bonchev–Trinajstić information content (AvgIpc) is 2.51. The van der Waals surface area contributed by atoms with Crippen LogP contribution in [0, 0.1) is 18.8 Å². The van der Waals surface area contributed by atoms with E-state index in [1.165, 1.54) is 6.42 Å². The minimum atomic E-state index is -0.524. The van der Waals surface area contributed by atoms with Crippen LogP contribution in [0.4, 0.5) is 0 Å². The van der Waals surface area contributed by atoms with Crippen LogP contribution < -0.4 is 0 Å². The van der Waals surface area contributed by atoms with Crippen LogP contribution in [0.25, 0.3) is 0 Å². The van der Waals surface area contributed by atoms with E-state index in [4.69, 9.17) is 0 Å². The Morgan fingerprint density at radius 2 is 2.16 bits per heavy atom. The van der Waals surface area contributed by atoms with E-state index in [1.807, 2.05) is 18.7 Å². The maximum Gasteiger partial charge on any atom is 0.0703 e. The normalized spacial score (nSPS) is 28.6. The van der Waals surface area contributed by atoms with Gasteiger partial charge in [0.15, 0.2) is 0 Å². The number of rotatable bonds is 3. The minimum absolute atomic E-state index is 0.524. The molecule has 1 aromatic rings. The third-order valence-electron chi connectivity index (χ3n) is 4.75. The molecule has 2 atom stereocenters. The topological polar surface area (TPSA) is 38.0 Å². The summed E-state index contributed by atoms with van der Waals surface area (Å²) in [6.45, 7) is 6.62. The molecular formula is C16H28N2O. The van der Waals surface area contributed by atoms with Gasteiger partial charge in [0.05, 0.1) is 11.3 Å². The highest BCUT2D eigenvalue weighted by molar-refractivity contribution is 5.11. The Morgan fingerprint density at radius 1 is 1.42 bits per heavy atom. The number of aromatic nitrogens is 2. The summed E-state index contributed by atoms with van der Waals surface area (Å²) >= 11 is 0. The summed E-state index contributed by atoms with van der Waals surface area (Å²) in [6.07, 6.45) is 6.18. The molecule has 0 saturated heterocycles. The van der Waals surface area contributed by atoms with E-state index in [9.17, 15) is 5.11 Å². The van der Waals surface area contributed by atoms with Crippen LogP contribution in [-0.2, 0) is 13.5 Å². The van der Waals surface area contributed by atoms with Crippen LogP contribution in [0.5, 0.6) is 0 Å². The average molecular weight is 264 g/mol. The molecule has 1 aliphatic rings. The molecular weight excluding hydrogens is 236 g/mol. The van der Waals surface area contributed by atoms with E-state index in [0.29, 0.717) is 0 Å². The lowest BCUT2D eigenvalue weighted by molar-refractivity contribution is 0.0220. The number of aryl methyl sites for hydroxylation is 2. The van der Waals surface area contributed by atoms with Crippen molar-refractivity contribution < 1.29 is 5.11 Å². The molecule has 1 aliphatic carbocycles. The summed E-state index contributed by atoms with van der Waals surface area (Å²) in [6, 6.07) is 2.10. The zero-order valence-electron chi connectivity index (χ0n) is 12.8. The van der Waals surface area contributed by atoms with Crippen LogP contribution >= 0.6 is 0 Å². The first-order valence-electron chi connectivity index (χ1n) is 7.61. The fourth-order valence-electron chi connectivity index (χ4n) is 3.43. The van der Waals surface area contributed by atoms with Crippen molar-refractivity contribution in [3.05, 3.63) is 17.5 Å². The van der Waals surface area contributed by atoms with Gasteiger partial charge in [-0.1, -0.05) is 26.7 Å². The third-order valence-corrected chi connectivity index (χ3v) is 4.75. The molecule has 0 aromatic carbocycles. The fraction of sp³-hybridized carbons (Fsp3) is 0.812. The largest absolute Gasteiger partial charge is 0.389 e. The van der Waals surface area contributed by atoms with Gasteiger partial charge in [0, 0.05) is 19.2 Å². The van der Waals surface area contributed by atoms with Crippen LogP contribution in [0.2, 0.25) is 0 Å².